The van der Waals surface area contributed by atoms with Crippen molar-refractivity contribution in [3.05, 3.63) is 59.7 Å². The Hall–Kier alpha value is -2.71. The number of carbonyl (C=O) groups is 2. The molecular weight excluding hydrogens is 462 g/mol. The van der Waals surface area contributed by atoms with E-state index in [1.807, 2.05) is 49.1 Å². The molecular formula is C27H35N3O4S. The Kier molecular flexibility index (Phi) is 7.91. The van der Waals surface area contributed by atoms with Gasteiger partial charge in [0, 0.05) is 50.7 Å². The maximum atomic E-state index is 13.5. The third-order valence-electron chi connectivity index (χ3n) is 6.87. The van der Waals surface area contributed by atoms with E-state index < -0.39 is 10.0 Å². The number of sulfonamides is 1. The summed E-state index contributed by atoms with van der Waals surface area (Å²) in [7, 11) is -3.71. The molecule has 35 heavy (non-hydrogen) atoms. The number of hydrogen-bond donors (Lipinski definition) is 0. The van der Waals surface area contributed by atoms with Gasteiger partial charge in [0.25, 0.3) is 0 Å². The first-order valence-electron chi connectivity index (χ1n) is 12.5. The zero-order valence-electron chi connectivity index (χ0n) is 20.7. The first-order chi connectivity index (χ1) is 16.8. The first-order valence-corrected chi connectivity index (χ1v) is 14.0. The lowest BCUT2D eigenvalue weighted by Crippen LogP contribution is -2.37. The van der Waals surface area contributed by atoms with Crippen molar-refractivity contribution in [2.24, 2.45) is 0 Å². The smallest absolute Gasteiger partial charge is 0.243 e. The molecule has 0 aromatic heterocycles. The van der Waals surface area contributed by atoms with Crippen LogP contribution in [-0.4, -0.2) is 55.1 Å². The van der Waals surface area contributed by atoms with Gasteiger partial charge in [-0.25, -0.2) is 8.42 Å². The van der Waals surface area contributed by atoms with Crippen LogP contribution in [0.3, 0.4) is 0 Å². The highest BCUT2D eigenvalue weighted by molar-refractivity contribution is 7.89. The Balaban J connectivity index is 1.45. The summed E-state index contributed by atoms with van der Waals surface area (Å²) in [5, 5.41) is 0. The van der Waals surface area contributed by atoms with Crippen molar-refractivity contribution < 1.29 is 18.0 Å². The van der Waals surface area contributed by atoms with E-state index in [-0.39, 0.29) is 35.6 Å². The summed E-state index contributed by atoms with van der Waals surface area (Å²) in [6, 6.07) is 14.4. The molecule has 0 unspecified atom stereocenters. The fourth-order valence-corrected chi connectivity index (χ4v) is 6.57. The number of carbonyl (C=O) groups excluding carboxylic acids is 2. The topological polar surface area (TPSA) is 78.0 Å². The van der Waals surface area contributed by atoms with E-state index in [1.165, 1.54) is 4.31 Å². The standard InChI is InChI=1S/C27H35N3O4S/c1-21(2)30(20-22-9-5-3-6-10-22)35(33,34)24-11-12-25-23(19-24)15-18-29(25)27(32)14-13-26(31)28-16-7-4-8-17-28/h3,5-6,9-12,19,21H,4,7-8,13-18,20H2,1-2H3. The van der Waals surface area contributed by atoms with E-state index >= 15 is 0 Å². The monoisotopic (exact) mass is 497 g/mol. The lowest BCUT2D eigenvalue weighted by molar-refractivity contribution is -0.133. The van der Waals surface area contributed by atoms with Gasteiger partial charge in [-0.05, 0) is 68.9 Å². The molecule has 0 saturated carbocycles. The van der Waals surface area contributed by atoms with Gasteiger partial charge in [-0.2, -0.15) is 4.31 Å². The van der Waals surface area contributed by atoms with E-state index in [1.54, 1.807) is 23.1 Å². The third kappa shape index (κ3) is 5.76. The molecule has 2 aromatic carbocycles. The van der Waals surface area contributed by atoms with Gasteiger partial charge in [0.2, 0.25) is 21.8 Å². The quantitative estimate of drug-likeness (QED) is 0.553. The molecule has 0 N–H and O–H groups in total. The lowest BCUT2D eigenvalue weighted by atomic mass is 10.1. The highest BCUT2D eigenvalue weighted by atomic mass is 32.2. The Morgan fingerprint density at radius 2 is 1.60 bits per heavy atom. The van der Waals surface area contributed by atoms with Gasteiger partial charge in [-0.1, -0.05) is 30.3 Å². The number of piperidine rings is 1. The van der Waals surface area contributed by atoms with E-state index in [0.717, 1.165) is 49.2 Å². The van der Waals surface area contributed by atoms with Crippen LogP contribution in [0, 0.1) is 0 Å². The highest BCUT2D eigenvalue weighted by Gasteiger charge is 2.31. The molecule has 8 heteroatoms. The predicted molar refractivity (Wildman–Crippen MR) is 136 cm³/mol. The minimum Gasteiger partial charge on any atom is -0.343 e. The summed E-state index contributed by atoms with van der Waals surface area (Å²) in [5.41, 5.74) is 2.53. The van der Waals surface area contributed by atoms with Crippen molar-refractivity contribution in [1.82, 2.24) is 9.21 Å². The molecule has 2 aliphatic heterocycles. The zero-order valence-corrected chi connectivity index (χ0v) is 21.5. The van der Waals surface area contributed by atoms with Crippen LogP contribution in [0.4, 0.5) is 5.69 Å². The van der Waals surface area contributed by atoms with Crippen LogP contribution < -0.4 is 4.90 Å². The Bertz CT molecular complexity index is 1160. The van der Waals surface area contributed by atoms with Gasteiger partial charge >= 0.3 is 0 Å². The predicted octanol–water partition coefficient (Wildman–Crippen LogP) is 3.97. The normalized spacial score (nSPS) is 16.1. The van der Waals surface area contributed by atoms with Gasteiger partial charge in [0.05, 0.1) is 4.90 Å². The fraction of sp³-hybridized carbons (Fsp3) is 0.481. The summed E-state index contributed by atoms with van der Waals surface area (Å²) in [5.74, 6) is -0.0382. The summed E-state index contributed by atoms with van der Waals surface area (Å²) >= 11 is 0. The fourth-order valence-electron chi connectivity index (χ4n) is 4.89. The van der Waals surface area contributed by atoms with Gasteiger partial charge in [0.15, 0.2) is 0 Å². The van der Waals surface area contributed by atoms with E-state index in [4.69, 9.17) is 0 Å². The molecule has 1 fully saturated rings. The maximum Gasteiger partial charge on any atom is 0.243 e. The van der Waals surface area contributed by atoms with E-state index in [0.29, 0.717) is 19.5 Å². The third-order valence-corrected chi connectivity index (χ3v) is 8.89. The number of anilines is 1. The molecule has 0 spiro atoms. The molecule has 0 atom stereocenters. The molecule has 2 heterocycles. The summed E-state index contributed by atoms with van der Waals surface area (Å²) in [4.78, 5) is 29.2. The number of benzene rings is 2. The maximum absolute atomic E-state index is 13.5. The van der Waals surface area contributed by atoms with Crippen molar-refractivity contribution in [2.75, 3.05) is 24.5 Å². The average Bonchev–Trinajstić information content (AvgIpc) is 3.30. The number of amides is 2. The molecule has 0 bridgehead atoms. The SMILES string of the molecule is CC(C)N(Cc1ccccc1)S(=O)(=O)c1ccc2c(c1)CCN2C(=O)CCC(=O)N1CCCCC1. The number of rotatable bonds is 8. The molecule has 4 rings (SSSR count). The molecule has 188 valence electrons. The second kappa shape index (κ2) is 10.9. The van der Waals surface area contributed by atoms with Crippen LogP contribution >= 0.6 is 0 Å². The van der Waals surface area contributed by atoms with E-state index in [2.05, 4.69) is 0 Å². The van der Waals surface area contributed by atoms with Crippen LogP contribution in [-0.2, 0) is 32.6 Å². The number of fused-ring (bicyclic) bond motifs is 1. The van der Waals surface area contributed by atoms with Crippen molar-refractivity contribution >= 4 is 27.5 Å². The van der Waals surface area contributed by atoms with Crippen molar-refractivity contribution in [1.29, 1.82) is 0 Å². The molecule has 2 aromatic rings. The number of nitrogens with zero attached hydrogens (tertiary/aromatic N) is 3. The molecule has 2 amide bonds. The summed E-state index contributed by atoms with van der Waals surface area (Å²) in [6.07, 6.45) is 4.22. The summed E-state index contributed by atoms with van der Waals surface area (Å²) in [6.45, 7) is 6.13. The zero-order chi connectivity index (χ0) is 25.0. The Labute approximate surface area is 208 Å². The molecule has 0 radical (unpaired) electrons. The van der Waals surface area contributed by atoms with Crippen LogP contribution in [0.2, 0.25) is 0 Å². The van der Waals surface area contributed by atoms with Crippen molar-refractivity contribution in [3.8, 4) is 0 Å². The van der Waals surface area contributed by atoms with Crippen LogP contribution in [0.1, 0.15) is 57.1 Å². The average molecular weight is 498 g/mol. The van der Waals surface area contributed by atoms with Gasteiger partial charge in [-0.15, -0.1) is 0 Å². The van der Waals surface area contributed by atoms with Crippen LogP contribution in [0.25, 0.3) is 0 Å². The number of likely N-dealkylation sites (tertiary alicyclic amines) is 1. The molecule has 0 aliphatic carbocycles. The highest BCUT2D eigenvalue weighted by Crippen LogP contribution is 2.32. The molecule has 7 nitrogen and oxygen atoms in total. The minimum atomic E-state index is -3.71. The molecule has 2 aliphatic rings. The minimum absolute atomic E-state index is 0.0473. The van der Waals surface area contributed by atoms with Gasteiger partial charge in [0.1, 0.15) is 0 Å². The van der Waals surface area contributed by atoms with Crippen molar-refractivity contribution in [3.63, 3.8) is 0 Å². The Morgan fingerprint density at radius 3 is 2.29 bits per heavy atom. The van der Waals surface area contributed by atoms with Crippen molar-refractivity contribution in [2.45, 2.75) is 69.9 Å². The second-order valence-corrected chi connectivity index (χ2v) is 11.5. The molecule has 1 saturated heterocycles. The van der Waals surface area contributed by atoms with Gasteiger partial charge < -0.3 is 9.80 Å². The van der Waals surface area contributed by atoms with Gasteiger partial charge in [-0.3, -0.25) is 9.59 Å². The Morgan fingerprint density at radius 1 is 0.914 bits per heavy atom. The van der Waals surface area contributed by atoms with Crippen LogP contribution in [0.15, 0.2) is 53.4 Å². The summed E-state index contributed by atoms with van der Waals surface area (Å²) < 4.78 is 28.6. The second-order valence-electron chi connectivity index (χ2n) is 9.66. The van der Waals surface area contributed by atoms with Crippen LogP contribution in [0.5, 0.6) is 0 Å². The number of hydrogen-bond acceptors (Lipinski definition) is 4. The largest absolute Gasteiger partial charge is 0.343 e. The lowest BCUT2D eigenvalue weighted by Gasteiger charge is -2.27. The first kappa shape index (κ1) is 25.4. The van der Waals surface area contributed by atoms with E-state index in [9.17, 15) is 18.0 Å².